The maximum absolute atomic E-state index is 13.8. The van der Waals surface area contributed by atoms with Crippen molar-refractivity contribution in [1.82, 2.24) is 20.8 Å². The second-order valence-electron chi connectivity index (χ2n) is 18.1. The van der Waals surface area contributed by atoms with Crippen molar-refractivity contribution in [3.63, 3.8) is 0 Å². The third-order valence-electron chi connectivity index (χ3n) is 11.3. The summed E-state index contributed by atoms with van der Waals surface area (Å²) < 4.78 is 24.8. The van der Waals surface area contributed by atoms with Gasteiger partial charge in [0, 0.05) is 69.2 Å². The molecule has 0 spiro atoms. The normalized spacial score (nSPS) is 16.2. The molecule has 3 aliphatic heterocycles. The average Bonchev–Trinajstić information content (AvgIpc) is 3.78. The van der Waals surface area contributed by atoms with Crippen LogP contribution in [-0.4, -0.2) is 114 Å². The molecule has 0 aromatic heterocycles. The van der Waals surface area contributed by atoms with Crippen LogP contribution in [-0.2, 0) is 73.5 Å². The monoisotopic (exact) mass is 945 g/mol. The molecule has 3 heterocycles. The SMILES string of the molecule is CCCOC(CNC(=O)CCC(=O)N1Cc2ccccc2C#Cc2ccccc21)COC(C)(CCOC(C)(C)CCC(=O)ON1C(=O)CCC1=O)NCOC(C)(C)CC(=O)ON1C(=O)CCC1=O. The number of carbonyl (C=O) groups excluding carboxylic acids is 8. The van der Waals surface area contributed by atoms with Gasteiger partial charge >= 0.3 is 11.9 Å². The van der Waals surface area contributed by atoms with Gasteiger partial charge in [0.1, 0.15) is 5.72 Å². The zero-order valence-electron chi connectivity index (χ0n) is 39.8. The predicted molar refractivity (Wildman–Crippen MR) is 243 cm³/mol. The van der Waals surface area contributed by atoms with E-state index >= 15 is 0 Å². The Balaban J connectivity index is 1.17. The first-order valence-electron chi connectivity index (χ1n) is 22.9. The number of hydrogen-bond donors (Lipinski definition) is 2. The van der Waals surface area contributed by atoms with Gasteiger partial charge in [0.2, 0.25) is 11.8 Å². The van der Waals surface area contributed by atoms with Crippen molar-refractivity contribution < 1.29 is 67.0 Å². The maximum Gasteiger partial charge on any atom is 0.336 e. The molecule has 2 atom stereocenters. The summed E-state index contributed by atoms with van der Waals surface area (Å²) in [6.45, 7) is 11.2. The number of anilines is 1. The summed E-state index contributed by atoms with van der Waals surface area (Å²) in [5, 5.41) is 7.11. The summed E-state index contributed by atoms with van der Waals surface area (Å²) >= 11 is 0. The van der Waals surface area contributed by atoms with Gasteiger partial charge in [-0.2, -0.15) is 0 Å². The van der Waals surface area contributed by atoms with Crippen molar-refractivity contribution in [2.45, 2.75) is 142 Å². The van der Waals surface area contributed by atoms with E-state index in [-0.39, 0.29) is 103 Å². The predicted octanol–water partition coefficient (Wildman–Crippen LogP) is 4.27. The molecule has 68 heavy (non-hydrogen) atoms. The Labute approximate surface area is 396 Å². The number of amides is 6. The minimum Gasteiger partial charge on any atom is -0.375 e. The van der Waals surface area contributed by atoms with Gasteiger partial charge in [-0.15, -0.1) is 10.1 Å². The molecule has 19 nitrogen and oxygen atoms in total. The van der Waals surface area contributed by atoms with Crippen LogP contribution >= 0.6 is 0 Å². The van der Waals surface area contributed by atoms with Gasteiger partial charge in [-0.1, -0.05) is 49.1 Å². The van der Waals surface area contributed by atoms with Crippen LogP contribution in [0.2, 0.25) is 0 Å². The van der Waals surface area contributed by atoms with E-state index in [2.05, 4.69) is 22.5 Å². The minimum atomic E-state index is -1.17. The number of hydroxylamine groups is 4. The van der Waals surface area contributed by atoms with Gasteiger partial charge < -0.3 is 38.8 Å². The molecule has 19 heteroatoms. The summed E-state index contributed by atoms with van der Waals surface area (Å²) in [6.07, 6.45) is -0.176. The van der Waals surface area contributed by atoms with Crippen LogP contribution in [0, 0.1) is 11.8 Å². The molecule has 2 N–H and O–H groups in total. The molecular weight excluding hydrogens is 883 g/mol. The van der Waals surface area contributed by atoms with E-state index in [0.29, 0.717) is 40.9 Å². The molecule has 6 amide bonds. The molecule has 2 fully saturated rings. The lowest BCUT2D eigenvalue weighted by molar-refractivity contribution is -0.201. The zero-order valence-corrected chi connectivity index (χ0v) is 39.8. The number of carbonyl (C=O) groups is 8. The van der Waals surface area contributed by atoms with Crippen molar-refractivity contribution in [3.8, 4) is 11.8 Å². The Morgan fingerprint density at radius 2 is 1.29 bits per heavy atom. The van der Waals surface area contributed by atoms with E-state index in [1.807, 2.05) is 55.5 Å². The molecule has 368 valence electrons. The highest BCUT2D eigenvalue weighted by Crippen LogP contribution is 2.27. The third kappa shape index (κ3) is 16.0. The van der Waals surface area contributed by atoms with Crippen LogP contribution in [0.4, 0.5) is 5.69 Å². The first-order chi connectivity index (χ1) is 32.3. The van der Waals surface area contributed by atoms with Gasteiger partial charge in [-0.25, -0.2) is 9.59 Å². The largest absolute Gasteiger partial charge is 0.375 e. The van der Waals surface area contributed by atoms with Crippen molar-refractivity contribution in [2.24, 2.45) is 0 Å². The number of para-hydroxylation sites is 1. The quantitative estimate of drug-likeness (QED) is 0.0763. The number of ether oxygens (including phenoxy) is 4. The Hall–Kier alpha value is -6.04. The molecule has 2 aromatic rings. The number of rotatable bonds is 26. The van der Waals surface area contributed by atoms with Crippen LogP contribution in [0.25, 0.3) is 0 Å². The Bertz CT molecular complexity index is 2220. The Kier molecular flexibility index (Phi) is 18.9. The topological polar surface area (TPSA) is 226 Å². The van der Waals surface area contributed by atoms with Crippen LogP contribution in [0.5, 0.6) is 0 Å². The second kappa shape index (κ2) is 24.3. The molecule has 0 saturated carbocycles. The van der Waals surface area contributed by atoms with Gasteiger partial charge in [-0.3, -0.25) is 34.1 Å². The number of fused-ring (bicyclic) bond motifs is 2. The highest BCUT2D eigenvalue weighted by molar-refractivity contribution is 6.02. The third-order valence-corrected chi connectivity index (χ3v) is 11.3. The van der Waals surface area contributed by atoms with E-state index in [1.54, 1.807) is 39.5 Å². The maximum atomic E-state index is 13.8. The van der Waals surface area contributed by atoms with Gasteiger partial charge in [0.05, 0.1) is 62.3 Å². The summed E-state index contributed by atoms with van der Waals surface area (Å²) in [5.74, 6) is 1.89. The summed E-state index contributed by atoms with van der Waals surface area (Å²) in [7, 11) is 0. The fourth-order valence-electron chi connectivity index (χ4n) is 7.20. The van der Waals surface area contributed by atoms with E-state index in [1.165, 1.54) is 0 Å². The number of imide groups is 2. The van der Waals surface area contributed by atoms with Crippen LogP contribution < -0.4 is 15.5 Å². The van der Waals surface area contributed by atoms with Crippen LogP contribution in [0.3, 0.4) is 0 Å². The van der Waals surface area contributed by atoms with Gasteiger partial charge in [-0.05, 0) is 71.2 Å². The van der Waals surface area contributed by atoms with Crippen molar-refractivity contribution >= 4 is 53.1 Å². The number of nitrogens with zero attached hydrogens (tertiary/aromatic N) is 3. The van der Waals surface area contributed by atoms with E-state index in [9.17, 15) is 38.4 Å². The number of nitrogens with one attached hydrogen (secondary N) is 2. The Morgan fingerprint density at radius 1 is 0.691 bits per heavy atom. The molecule has 0 bridgehead atoms. The fraction of sp³-hybridized carbons (Fsp3) is 0.551. The highest BCUT2D eigenvalue weighted by Gasteiger charge is 2.36. The zero-order chi connectivity index (χ0) is 49.5. The molecule has 2 unspecified atom stereocenters. The minimum absolute atomic E-state index is 0.00942. The van der Waals surface area contributed by atoms with E-state index in [4.69, 9.17) is 28.6 Å². The number of hydrogen-bond acceptors (Lipinski definition) is 15. The van der Waals surface area contributed by atoms with Crippen LogP contribution in [0.1, 0.15) is 129 Å². The Morgan fingerprint density at radius 3 is 1.96 bits per heavy atom. The second-order valence-corrected chi connectivity index (χ2v) is 18.1. The van der Waals surface area contributed by atoms with E-state index < -0.39 is 58.6 Å². The van der Waals surface area contributed by atoms with Gasteiger partial charge in [0.15, 0.2) is 0 Å². The molecule has 3 aliphatic rings. The highest BCUT2D eigenvalue weighted by atomic mass is 16.7. The average molecular weight is 946 g/mol. The number of benzene rings is 2. The van der Waals surface area contributed by atoms with Crippen molar-refractivity contribution in [1.29, 1.82) is 0 Å². The van der Waals surface area contributed by atoms with Crippen LogP contribution in [0.15, 0.2) is 48.5 Å². The van der Waals surface area contributed by atoms with Crippen molar-refractivity contribution in [2.75, 3.05) is 38.0 Å². The lowest BCUT2D eigenvalue weighted by atomic mass is 10.0. The summed E-state index contributed by atoms with van der Waals surface area (Å²) in [5.41, 5.74) is -0.0311. The molecule has 2 saturated heterocycles. The standard InChI is InChI=1S/C49H63N5O14/c1-7-27-63-37(30-50-39(55)18-19-40(56)52-31-36-14-9-8-12-34(36)16-17-35-13-10-11-15-38(35)52)32-65-49(6,51-33-66-48(4,5)29-46(62)68-54-43(59)22-23-44(54)60)26-28-64-47(2,3)25-24-45(61)67-53-41(57)20-21-42(53)58/h8-15,37,51H,7,18-33H2,1-6H3,(H,50,55). The first-order valence-corrected chi connectivity index (χ1v) is 22.9. The van der Waals surface area contributed by atoms with Crippen molar-refractivity contribution in [3.05, 3.63) is 65.2 Å². The van der Waals surface area contributed by atoms with Gasteiger partial charge in [0.25, 0.3) is 23.6 Å². The molecule has 0 radical (unpaired) electrons. The molecular formula is C49H63N5O14. The van der Waals surface area contributed by atoms with E-state index in [0.717, 1.165) is 11.1 Å². The molecule has 2 aromatic carbocycles. The first kappa shape index (κ1) is 52.9. The molecule has 5 rings (SSSR count). The lowest BCUT2D eigenvalue weighted by Crippen LogP contribution is -2.50. The summed E-state index contributed by atoms with van der Waals surface area (Å²) in [4.78, 5) is 112. The fourth-order valence-corrected chi connectivity index (χ4v) is 7.20. The lowest BCUT2D eigenvalue weighted by Gasteiger charge is -2.35. The smallest absolute Gasteiger partial charge is 0.336 e. The molecule has 0 aliphatic carbocycles. The summed E-state index contributed by atoms with van der Waals surface area (Å²) in [6, 6.07) is 15.1.